The van der Waals surface area contributed by atoms with Gasteiger partial charge in [-0.2, -0.15) is 57.7 Å². The molecule has 2 aliphatic heterocycles. The third-order valence-corrected chi connectivity index (χ3v) is 14.5. The number of benzene rings is 5. The number of aliphatic imine (C=N–C) groups is 2. The van der Waals surface area contributed by atoms with Gasteiger partial charge in [0.05, 0.1) is 22.3 Å². The minimum absolute atomic E-state index is 0.0411. The predicted molar refractivity (Wildman–Crippen MR) is 305 cm³/mol. The van der Waals surface area contributed by atoms with Crippen molar-refractivity contribution < 1.29 is 67.1 Å². The molecule has 0 aliphatic carbocycles. The van der Waals surface area contributed by atoms with Crippen LogP contribution < -0.4 is 5.73 Å². The van der Waals surface area contributed by atoms with Crippen LogP contribution in [0.1, 0.15) is 101 Å². The quantitative estimate of drug-likeness (QED) is 0.0589. The molecule has 0 bridgehead atoms. The molecule has 2 saturated heterocycles. The van der Waals surface area contributed by atoms with Crippen LogP contribution in [0.2, 0.25) is 0 Å². The number of amides is 3. The highest BCUT2D eigenvalue weighted by molar-refractivity contribution is 6.03. The van der Waals surface area contributed by atoms with Crippen LogP contribution in [0.4, 0.5) is 52.7 Å². The molecule has 5 aromatic rings. The Morgan fingerprint density at radius 3 is 1.16 bits per heavy atom. The van der Waals surface area contributed by atoms with Gasteiger partial charge in [0.1, 0.15) is 17.9 Å². The zero-order valence-corrected chi connectivity index (χ0v) is 48.5. The second-order valence-corrected chi connectivity index (χ2v) is 21.9. The van der Waals surface area contributed by atoms with Gasteiger partial charge in [-0.05, 0) is 103 Å². The molecule has 12 nitrogen and oxygen atoms in total. The van der Waals surface area contributed by atoms with E-state index < -0.39 is 59.0 Å². The van der Waals surface area contributed by atoms with Gasteiger partial charge in [-0.25, -0.2) is 0 Å². The highest BCUT2D eigenvalue weighted by Crippen LogP contribution is 2.39. The van der Waals surface area contributed by atoms with Crippen molar-refractivity contribution in [2.75, 3.05) is 79.5 Å². The van der Waals surface area contributed by atoms with Crippen LogP contribution in [0.25, 0.3) is 0 Å². The lowest BCUT2D eigenvalue weighted by Gasteiger charge is -2.41. The number of likely N-dealkylation sites (N-methyl/N-ethyl adjacent to an activating group) is 2. The summed E-state index contributed by atoms with van der Waals surface area (Å²) in [5.41, 5.74) is 2.21. The van der Waals surface area contributed by atoms with Crippen LogP contribution in [0.15, 0.2) is 137 Å². The summed E-state index contributed by atoms with van der Waals surface area (Å²) in [6.07, 6.45) is -19.5. The maximum Gasteiger partial charge on any atom is 0.416 e. The van der Waals surface area contributed by atoms with Crippen LogP contribution in [0.3, 0.4) is 0 Å². The first-order valence-corrected chi connectivity index (χ1v) is 27.9. The van der Waals surface area contributed by atoms with Gasteiger partial charge in [0.15, 0.2) is 5.96 Å². The number of rotatable bonds is 16. The van der Waals surface area contributed by atoms with Crippen molar-refractivity contribution in [3.63, 3.8) is 0 Å². The molecule has 7 rings (SSSR count). The third-order valence-electron chi connectivity index (χ3n) is 14.5. The fraction of sp³-hybridized carbons (Fsp3) is 0.435. The normalized spacial score (nSPS) is 16.0. The monoisotopic (exact) mass is 1220 g/mol. The van der Waals surface area contributed by atoms with Crippen LogP contribution in [-0.4, -0.2) is 145 Å². The number of hydrogen-bond donors (Lipinski definition) is 1. The topological polar surface area (TPSA) is 121 Å². The molecule has 466 valence electrons. The van der Waals surface area contributed by atoms with Gasteiger partial charge < -0.3 is 25.3 Å². The highest BCUT2D eigenvalue weighted by atomic mass is 19.4. The molecule has 2 unspecified atom stereocenters. The van der Waals surface area contributed by atoms with E-state index in [9.17, 15) is 67.1 Å². The Kier molecular flexibility index (Phi) is 23.0. The molecule has 0 spiro atoms. The van der Waals surface area contributed by atoms with Crippen molar-refractivity contribution in [3.05, 3.63) is 177 Å². The van der Waals surface area contributed by atoms with E-state index in [1.54, 1.807) is 48.5 Å². The van der Waals surface area contributed by atoms with Gasteiger partial charge in [0, 0.05) is 97.6 Å². The van der Waals surface area contributed by atoms with E-state index in [0.29, 0.717) is 106 Å². The summed E-state index contributed by atoms with van der Waals surface area (Å²) in [5, 5.41) is 0. The zero-order valence-electron chi connectivity index (χ0n) is 48.5. The number of carbonyl (C=O) groups excluding carboxylic acids is 3. The molecular weight excluding hydrogens is 1150 g/mol. The third kappa shape index (κ3) is 19.3. The van der Waals surface area contributed by atoms with Gasteiger partial charge in [-0.15, -0.1) is 0 Å². The maximum absolute atomic E-state index is 13.9. The Morgan fingerprint density at radius 2 is 0.837 bits per heavy atom. The SMILES string of the molecule is CC(C)CC(=NC(=O)c1ccccc1)N1CCN(C(C(=O)N(C)CCc2cc(C(F)(F)F)cc(C(F)(F)F)c2)c2ccccc2)CC1.CC(C)N=C(N)N1CCN(C(C(=O)N(C)CCc2cc(C(F)(F)F)cc(C(F)(F)F)c2)c2ccccc2)CC1. The number of nitrogens with zero attached hydrogens (tertiary/aromatic N) is 8. The Bertz CT molecular complexity index is 3020. The number of carbonyl (C=O) groups is 3. The molecule has 2 atom stereocenters. The van der Waals surface area contributed by atoms with E-state index >= 15 is 0 Å². The number of piperazine rings is 2. The van der Waals surface area contributed by atoms with Gasteiger partial charge in [0.2, 0.25) is 11.8 Å². The first-order chi connectivity index (χ1) is 40.3. The largest absolute Gasteiger partial charge is 0.416 e. The van der Waals surface area contributed by atoms with Crippen LogP contribution in [0.5, 0.6) is 0 Å². The smallest absolute Gasteiger partial charge is 0.370 e. The Hall–Kier alpha value is -7.47. The van der Waals surface area contributed by atoms with Crippen molar-refractivity contribution in [3.8, 4) is 0 Å². The number of nitrogens with two attached hydrogens (primary N) is 1. The lowest BCUT2D eigenvalue weighted by molar-refractivity contribution is -0.144. The predicted octanol–water partition coefficient (Wildman–Crippen LogP) is 12.2. The number of guanidine groups is 1. The summed E-state index contributed by atoms with van der Waals surface area (Å²) in [6.45, 7) is 11.8. The van der Waals surface area contributed by atoms with Crippen molar-refractivity contribution in [2.24, 2.45) is 21.6 Å². The van der Waals surface area contributed by atoms with Gasteiger partial charge in [-0.3, -0.25) is 29.2 Å². The van der Waals surface area contributed by atoms with E-state index in [-0.39, 0.29) is 78.9 Å². The van der Waals surface area contributed by atoms with Crippen LogP contribution in [0, 0.1) is 5.92 Å². The Morgan fingerprint density at radius 1 is 0.500 bits per heavy atom. The highest BCUT2D eigenvalue weighted by Gasteiger charge is 2.40. The van der Waals surface area contributed by atoms with E-state index in [0.717, 1.165) is 5.56 Å². The van der Waals surface area contributed by atoms with E-state index in [1.165, 1.54) is 23.9 Å². The first-order valence-electron chi connectivity index (χ1n) is 27.9. The van der Waals surface area contributed by atoms with Crippen molar-refractivity contribution in [1.82, 2.24) is 29.4 Å². The second kappa shape index (κ2) is 29.3. The number of halogens is 12. The number of hydrogen-bond acceptors (Lipinski definition) is 6. The molecule has 0 saturated carbocycles. The molecule has 24 heteroatoms. The summed E-state index contributed by atoms with van der Waals surface area (Å²) >= 11 is 0. The number of alkyl halides is 12. The van der Waals surface area contributed by atoms with Crippen molar-refractivity contribution >= 4 is 29.5 Å². The molecule has 2 aliphatic rings. The lowest BCUT2D eigenvalue weighted by atomic mass is 10.0. The molecule has 86 heavy (non-hydrogen) atoms. The zero-order chi connectivity index (χ0) is 63.3. The standard InChI is InChI=1S/C35H38F6N4O2.C27H33F6N5O/c1-24(2)20-30(42-32(46)27-12-8-5-9-13-27)44-16-18-45(19-17-44)31(26-10-6-4-7-11-26)33(47)43(3)15-14-25-21-28(34(36,37)38)23-29(22-25)35(39,40)41;1-18(2)35-25(34)38-13-11-37(12-14-38)23(20-7-5-4-6-8-20)24(39)36(3)10-9-19-15-21(26(28,29)30)17-22(16-19)27(31,32)33/h4-13,21-24,31H,14-20H2,1-3H3;4-8,15-18,23H,9-14H2,1-3H3,(H2,34,35). The molecule has 2 N–H and O–H groups in total. The molecule has 0 aromatic heterocycles. The van der Waals surface area contributed by atoms with Gasteiger partial charge in [0.25, 0.3) is 5.91 Å². The van der Waals surface area contributed by atoms with Crippen molar-refractivity contribution in [2.45, 2.75) is 89.8 Å². The molecule has 5 aromatic carbocycles. The second-order valence-electron chi connectivity index (χ2n) is 21.9. The molecule has 2 fully saturated rings. The van der Waals surface area contributed by atoms with Gasteiger partial charge in [-0.1, -0.05) is 92.7 Å². The minimum Gasteiger partial charge on any atom is -0.370 e. The van der Waals surface area contributed by atoms with Crippen LogP contribution in [-0.2, 0) is 47.1 Å². The van der Waals surface area contributed by atoms with Crippen LogP contribution >= 0.6 is 0 Å². The summed E-state index contributed by atoms with van der Waals surface area (Å²) in [4.78, 5) is 60.0. The summed E-state index contributed by atoms with van der Waals surface area (Å²) in [6, 6.07) is 28.6. The minimum atomic E-state index is -4.95. The fourth-order valence-corrected chi connectivity index (χ4v) is 10.0. The number of amidine groups is 1. The lowest BCUT2D eigenvalue weighted by Crippen LogP contribution is -2.54. The summed E-state index contributed by atoms with van der Waals surface area (Å²) < 4.78 is 160. The van der Waals surface area contributed by atoms with Crippen molar-refractivity contribution in [1.29, 1.82) is 0 Å². The average Bonchev–Trinajstić information content (AvgIpc) is 1.62. The first kappa shape index (κ1) is 67.7. The van der Waals surface area contributed by atoms with E-state index in [1.807, 2.05) is 84.9 Å². The summed E-state index contributed by atoms with van der Waals surface area (Å²) in [5.74, 6) is 0.387. The molecular formula is C62H71F12N9O3. The molecule has 0 radical (unpaired) electrons. The Labute approximate surface area is 492 Å². The average molecular weight is 1220 g/mol. The maximum atomic E-state index is 13.9. The fourth-order valence-electron chi connectivity index (χ4n) is 10.0. The molecule has 2 heterocycles. The van der Waals surface area contributed by atoms with E-state index in [4.69, 9.17) is 5.73 Å². The van der Waals surface area contributed by atoms with Gasteiger partial charge >= 0.3 is 24.7 Å². The Balaban J connectivity index is 0.000000280. The van der Waals surface area contributed by atoms with E-state index in [2.05, 4.69) is 14.9 Å². The molecule has 3 amide bonds. The summed E-state index contributed by atoms with van der Waals surface area (Å²) in [7, 11) is 3.00.